The van der Waals surface area contributed by atoms with E-state index in [1.165, 1.54) is 18.4 Å². The smallest absolute Gasteiger partial charge is 0.172 e. The minimum atomic E-state index is 0.433. The lowest BCUT2D eigenvalue weighted by Crippen LogP contribution is -2.33. The lowest BCUT2D eigenvalue weighted by Gasteiger charge is -2.32. The number of benzene rings is 3. The summed E-state index contributed by atoms with van der Waals surface area (Å²) in [6.45, 7) is 4.55. The summed E-state index contributed by atoms with van der Waals surface area (Å²) < 4.78 is 12.0. The van der Waals surface area contributed by atoms with Crippen LogP contribution < -0.4 is 4.74 Å². The number of rotatable bonds is 10. The van der Waals surface area contributed by atoms with Crippen LogP contribution in [0.1, 0.15) is 47.2 Å². The Balaban J connectivity index is 1.22. The van der Waals surface area contributed by atoms with E-state index in [2.05, 4.69) is 77.6 Å². The number of aryl methyl sites for hydroxylation is 1. The van der Waals surface area contributed by atoms with Gasteiger partial charge in [0.2, 0.25) is 0 Å². The van der Waals surface area contributed by atoms with Crippen molar-refractivity contribution < 1.29 is 9.26 Å². The molecule has 38 heavy (non-hydrogen) atoms. The Hall–Kier alpha value is -3.66. The van der Waals surface area contributed by atoms with Gasteiger partial charge in [-0.25, -0.2) is 0 Å². The number of hydrogen-bond donors (Lipinski definition) is 0. The molecule has 1 saturated heterocycles. The number of fused-ring (bicyclic) bond motifs is 1. The molecule has 1 aliphatic heterocycles. The average molecular weight is 509 g/mol. The number of hydrogen-bond acceptors (Lipinski definition) is 6. The first-order valence-corrected chi connectivity index (χ1v) is 13.5. The van der Waals surface area contributed by atoms with E-state index in [-0.39, 0.29) is 0 Å². The minimum Gasteiger partial charge on any atom is -0.489 e. The fraction of sp³-hybridized carbons (Fsp3) is 0.375. The quantitative estimate of drug-likeness (QED) is 0.255. The molecule has 0 spiro atoms. The second kappa shape index (κ2) is 12.3. The van der Waals surface area contributed by atoms with Gasteiger partial charge in [-0.15, -0.1) is 0 Å². The normalized spacial score (nSPS) is 14.7. The number of likely N-dealkylation sites (tertiary alicyclic amines) is 1. The molecule has 5 rings (SSSR count). The van der Waals surface area contributed by atoms with Gasteiger partial charge in [0, 0.05) is 24.0 Å². The van der Waals surface area contributed by atoms with Crippen LogP contribution in [0.5, 0.6) is 5.75 Å². The Labute approximate surface area is 225 Å². The van der Waals surface area contributed by atoms with Crippen LogP contribution in [0.2, 0.25) is 0 Å². The van der Waals surface area contributed by atoms with Gasteiger partial charge in [-0.2, -0.15) is 5.26 Å². The zero-order valence-electron chi connectivity index (χ0n) is 22.4. The molecule has 1 aromatic heterocycles. The molecule has 0 unspecified atom stereocenters. The van der Waals surface area contributed by atoms with Crippen molar-refractivity contribution in [1.29, 1.82) is 5.26 Å². The van der Waals surface area contributed by atoms with Crippen LogP contribution in [-0.2, 0) is 26.1 Å². The van der Waals surface area contributed by atoms with E-state index in [1.54, 1.807) is 12.1 Å². The summed E-state index contributed by atoms with van der Waals surface area (Å²) >= 11 is 0. The number of nitrogens with zero attached hydrogens (tertiary/aromatic N) is 4. The molecule has 4 aromatic rings. The van der Waals surface area contributed by atoms with Crippen LogP contribution >= 0.6 is 0 Å². The monoisotopic (exact) mass is 508 g/mol. The molecule has 0 aliphatic carbocycles. The highest BCUT2D eigenvalue weighted by Crippen LogP contribution is 2.30. The zero-order valence-corrected chi connectivity index (χ0v) is 22.4. The van der Waals surface area contributed by atoms with Crippen LogP contribution in [0, 0.1) is 17.2 Å². The van der Waals surface area contributed by atoms with E-state index in [4.69, 9.17) is 14.5 Å². The van der Waals surface area contributed by atoms with Gasteiger partial charge in [-0.3, -0.25) is 4.90 Å². The van der Waals surface area contributed by atoms with Crippen LogP contribution in [0.3, 0.4) is 0 Å². The molecule has 6 nitrogen and oxygen atoms in total. The molecule has 0 amide bonds. The molecule has 196 valence electrons. The van der Waals surface area contributed by atoms with Gasteiger partial charge in [0.1, 0.15) is 12.4 Å². The molecule has 0 radical (unpaired) electrons. The standard InChI is InChI=1S/C32H36N4O2/c1-35(2)22-30-27(23-37-28-12-8-25(20-33)9-13-28)11-14-29-31(34-38-32(29)30)15-10-24-16-18-36(19-17-24)21-26-6-4-3-5-7-26/h3-9,11-14,24H,10,15-19,21-23H2,1-2H3. The third kappa shape index (κ3) is 6.42. The summed E-state index contributed by atoms with van der Waals surface area (Å²) in [6.07, 6.45) is 4.57. The predicted octanol–water partition coefficient (Wildman–Crippen LogP) is 6.18. The van der Waals surface area contributed by atoms with E-state index in [0.29, 0.717) is 12.2 Å². The lowest BCUT2D eigenvalue weighted by atomic mass is 9.90. The maximum absolute atomic E-state index is 9.02. The number of aromatic nitrogens is 1. The van der Waals surface area contributed by atoms with Gasteiger partial charge in [-0.05, 0) is 100 Å². The van der Waals surface area contributed by atoms with E-state index in [0.717, 1.165) is 78.5 Å². The maximum atomic E-state index is 9.02. The number of piperidine rings is 1. The van der Waals surface area contributed by atoms with E-state index in [1.807, 2.05) is 12.1 Å². The van der Waals surface area contributed by atoms with Crippen molar-refractivity contribution in [2.75, 3.05) is 27.2 Å². The topological polar surface area (TPSA) is 65.5 Å². The van der Waals surface area contributed by atoms with Gasteiger partial charge in [-0.1, -0.05) is 41.6 Å². The largest absolute Gasteiger partial charge is 0.489 e. The average Bonchev–Trinajstić information content (AvgIpc) is 3.36. The number of nitriles is 1. The van der Waals surface area contributed by atoms with Crippen molar-refractivity contribution in [2.45, 2.75) is 45.4 Å². The van der Waals surface area contributed by atoms with Crippen molar-refractivity contribution in [3.63, 3.8) is 0 Å². The highest BCUT2D eigenvalue weighted by molar-refractivity contribution is 5.83. The fourth-order valence-corrected chi connectivity index (χ4v) is 5.36. The second-order valence-electron chi connectivity index (χ2n) is 10.6. The second-order valence-corrected chi connectivity index (χ2v) is 10.6. The minimum absolute atomic E-state index is 0.433. The molecule has 6 heteroatoms. The third-order valence-electron chi connectivity index (χ3n) is 7.51. The van der Waals surface area contributed by atoms with Crippen LogP contribution in [-0.4, -0.2) is 42.1 Å². The van der Waals surface area contributed by atoms with Crippen molar-refractivity contribution in [1.82, 2.24) is 15.0 Å². The van der Waals surface area contributed by atoms with Crippen molar-refractivity contribution in [3.05, 3.63) is 94.7 Å². The van der Waals surface area contributed by atoms with Gasteiger partial charge in [0.05, 0.1) is 17.3 Å². The summed E-state index contributed by atoms with van der Waals surface area (Å²) in [5.41, 5.74) is 6.16. The van der Waals surface area contributed by atoms with Crippen molar-refractivity contribution in [3.8, 4) is 11.8 Å². The molecule has 1 aliphatic rings. The van der Waals surface area contributed by atoms with E-state index in [9.17, 15) is 0 Å². The summed E-state index contributed by atoms with van der Waals surface area (Å²) in [4.78, 5) is 4.72. The molecule has 0 atom stereocenters. The third-order valence-corrected chi connectivity index (χ3v) is 7.51. The Bertz CT molecular complexity index is 1360. The van der Waals surface area contributed by atoms with Crippen molar-refractivity contribution >= 4 is 11.0 Å². The molecule has 3 aromatic carbocycles. The first-order chi connectivity index (χ1) is 18.6. The van der Waals surface area contributed by atoms with Gasteiger partial charge < -0.3 is 14.2 Å². The van der Waals surface area contributed by atoms with Crippen LogP contribution in [0.15, 0.2) is 71.3 Å². The molecule has 1 fully saturated rings. The molecule has 0 bridgehead atoms. The van der Waals surface area contributed by atoms with Gasteiger partial charge in [0.25, 0.3) is 0 Å². The fourth-order valence-electron chi connectivity index (χ4n) is 5.36. The number of ether oxygens (including phenoxy) is 1. The Kier molecular flexibility index (Phi) is 8.37. The highest BCUT2D eigenvalue weighted by atomic mass is 16.5. The van der Waals surface area contributed by atoms with Crippen LogP contribution in [0.4, 0.5) is 0 Å². The molecular formula is C32H36N4O2. The first kappa shape index (κ1) is 26.0. The Morgan fingerprint density at radius 2 is 1.79 bits per heavy atom. The molecule has 0 saturated carbocycles. The highest BCUT2D eigenvalue weighted by Gasteiger charge is 2.21. The Morgan fingerprint density at radius 3 is 2.50 bits per heavy atom. The molecular weight excluding hydrogens is 472 g/mol. The summed E-state index contributed by atoms with van der Waals surface area (Å²) in [5.74, 6) is 1.48. The van der Waals surface area contributed by atoms with Gasteiger partial charge in [0.15, 0.2) is 5.58 Å². The van der Waals surface area contributed by atoms with E-state index < -0.39 is 0 Å². The van der Waals surface area contributed by atoms with E-state index >= 15 is 0 Å². The predicted molar refractivity (Wildman–Crippen MR) is 150 cm³/mol. The molecule has 0 N–H and O–H groups in total. The first-order valence-electron chi connectivity index (χ1n) is 13.5. The summed E-state index contributed by atoms with van der Waals surface area (Å²) in [5, 5.41) is 14.7. The summed E-state index contributed by atoms with van der Waals surface area (Å²) in [6, 6.07) is 24.4. The van der Waals surface area contributed by atoms with Crippen molar-refractivity contribution in [2.24, 2.45) is 5.92 Å². The van der Waals surface area contributed by atoms with Gasteiger partial charge >= 0.3 is 0 Å². The molecule has 2 heterocycles. The Morgan fingerprint density at radius 1 is 1.03 bits per heavy atom. The zero-order chi connectivity index (χ0) is 26.3. The SMILES string of the molecule is CN(C)Cc1c(COc2ccc(C#N)cc2)ccc2c(CCC3CCN(Cc4ccccc4)CC3)noc12. The maximum Gasteiger partial charge on any atom is 0.172 e. The lowest BCUT2D eigenvalue weighted by molar-refractivity contribution is 0.172. The summed E-state index contributed by atoms with van der Waals surface area (Å²) in [7, 11) is 4.12. The van der Waals surface area contributed by atoms with Crippen LogP contribution in [0.25, 0.3) is 11.0 Å².